The first-order valence-corrected chi connectivity index (χ1v) is 9.13. The third kappa shape index (κ3) is 3.22. The lowest BCUT2D eigenvalue weighted by Gasteiger charge is -2.18. The average Bonchev–Trinajstić information content (AvgIpc) is 3.22. The SMILES string of the molecule is COc1cc2nc3n(c2cc1C#N)C[C@@H](COc1ccc(C(C)(C)C)nc1)O3. The summed E-state index contributed by atoms with van der Waals surface area (Å²) in [5.74, 6) is 1.22. The quantitative estimate of drug-likeness (QED) is 0.692. The van der Waals surface area contributed by atoms with E-state index in [2.05, 4.69) is 36.8 Å². The molecular weight excluding hydrogens is 356 g/mol. The number of pyridine rings is 1. The van der Waals surface area contributed by atoms with E-state index in [1.807, 2.05) is 16.7 Å². The van der Waals surface area contributed by atoms with Crippen molar-refractivity contribution < 1.29 is 14.2 Å². The molecule has 0 radical (unpaired) electrons. The molecule has 0 saturated heterocycles. The van der Waals surface area contributed by atoms with Crippen LogP contribution in [0.2, 0.25) is 0 Å². The van der Waals surface area contributed by atoms with E-state index < -0.39 is 0 Å². The van der Waals surface area contributed by atoms with E-state index in [-0.39, 0.29) is 11.5 Å². The van der Waals surface area contributed by atoms with Crippen LogP contribution in [0.4, 0.5) is 0 Å². The third-order valence-electron chi connectivity index (χ3n) is 4.75. The molecule has 0 fully saturated rings. The third-order valence-corrected chi connectivity index (χ3v) is 4.75. The van der Waals surface area contributed by atoms with Crippen molar-refractivity contribution in [1.29, 1.82) is 5.26 Å². The molecule has 1 atom stereocenters. The lowest BCUT2D eigenvalue weighted by atomic mass is 9.92. The van der Waals surface area contributed by atoms with E-state index in [1.165, 1.54) is 0 Å². The van der Waals surface area contributed by atoms with Crippen LogP contribution in [0.3, 0.4) is 0 Å². The van der Waals surface area contributed by atoms with Gasteiger partial charge in [-0.3, -0.25) is 9.55 Å². The van der Waals surface area contributed by atoms with Gasteiger partial charge < -0.3 is 14.2 Å². The Morgan fingerprint density at radius 1 is 1.32 bits per heavy atom. The standard InChI is InChI=1S/C21H22N4O3/c1-21(2,3)19-6-5-14(10-23-19)27-12-15-11-25-17-7-13(9-22)18(26-4)8-16(17)24-20(25)28-15/h5-8,10,15H,11-12H2,1-4H3/t15-/m0/s1. The minimum absolute atomic E-state index is 0.00825. The number of fused-ring (bicyclic) bond motifs is 3. The number of rotatable bonds is 4. The Hall–Kier alpha value is -3.27. The number of hydrogen-bond donors (Lipinski definition) is 0. The van der Waals surface area contributed by atoms with Crippen molar-refractivity contribution in [2.24, 2.45) is 0 Å². The number of benzene rings is 1. The van der Waals surface area contributed by atoms with Gasteiger partial charge in [-0.25, -0.2) is 0 Å². The first-order chi connectivity index (χ1) is 13.4. The smallest absolute Gasteiger partial charge is 0.297 e. The second kappa shape index (κ2) is 6.71. The van der Waals surface area contributed by atoms with Gasteiger partial charge in [0.1, 0.15) is 24.2 Å². The minimum atomic E-state index is -0.151. The van der Waals surface area contributed by atoms with Crippen LogP contribution < -0.4 is 14.2 Å². The van der Waals surface area contributed by atoms with Crippen LogP contribution in [0.25, 0.3) is 11.0 Å². The molecule has 0 unspecified atom stereocenters. The molecule has 4 rings (SSSR count). The normalized spacial score (nSPS) is 15.8. The lowest BCUT2D eigenvalue weighted by molar-refractivity contribution is 0.143. The van der Waals surface area contributed by atoms with Gasteiger partial charge in [0.2, 0.25) is 0 Å². The Morgan fingerprint density at radius 2 is 2.14 bits per heavy atom. The molecule has 7 nitrogen and oxygen atoms in total. The Labute approximate surface area is 163 Å². The van der Waals surface area contributed by atoms with Crippen molar-refractivity contribution in [2.45, 2.75) is 38.8 Å². The number of aromatic nitrogens is 3. The summed E-state index contributed by atoms with van der Waals surface area (Å²) < 4.78 is 19.0. The van der Waals surface area contributed by atoms with Crippen LogP contribution in [-0.2, 0) is 12.0 Å². The molecule has 0 aliphatic carbocycles. The summed E-state index contributed by atoms with van der Waals surface area (Å²) in [5.41, 5.74) is 3.10. The van der Waals surface area contributed by atoms with Crippen molar-refractivity contribution in [3.63, 3.8) is 0 Å². The van der Waals surface area contributed by atoms with Gasteiger partial charge in [0.15, 0.2) is 6.10 Å². The van der Waals surface area contributed by atoms with Crippen molar-refractivity contribution in [3.8, 4) is 23.6 Å². The Bertz CT molecular complexity index is 1060. The van der Waals surface area contributed by atoms with E-state index in [9.17, 15) is 5.26 Å². The second-order valence-corrected chi connectivity index (χ2v) is 7.84. The predicted octanol–water partition coefficient (Wildman–Crippen LogP) is 3.45. The molecule has 0 spiro atoms. The summed E-state index contributed by atoms with van der Waals surface area (Å²) in [6, 6.07) is 10.1. The first-order valence-electron chi connectivity index (χ1n) is 9.13. The van der Waals surface area contributed by atoms with Gasteiger partial charge in [-0.2, -0.15) is 10.2 Å². The molecule has 1 aliphatic heterocycles. The van der Waals surface area contributed by atoms with Crippen LogP contribution in [0.15, 0.2) is 30.5 Å². The zero-order valence-electron chi connectivity index (χ0n) is 16.4. The monoisotopic (exact) mass is 378 g/mol. The zero-order valence-corrected chi connectivity index (χ0v) is 16.4. The number of imidazole rings is 1. The molecule has 144 valence electrons. The fourth-order valence-electron chi connectivity index (χ4n) is 3.23. The Morgan fingerprint density at radius 3 is 2.79 bits per heavy atom. The summed E-state index contributed by atoms with van der Waals surface area (Å²) in [5, 5.41) is 9.31. The molecule has 0 N–H and O–H groups in total. The highest BCUT2D eigenvalue weighted by atomic mass is 16.6. The Balaban J connectivity index is 1.46. The molecule has 1 aliphatic rings. The molecular formula is C21H22N4O3. The molecule has 3 aromatic rings. The molecule has 0 amide bonds. The molecule has 3 heterocycles. The van der Waals surface area contributed by atoms with Gasteiger partial charge in [0.25, 0.3) is 6.01 Å². The Kier molecular flexibility index (Phi) is 4.34. The molecule has 7 heteroatoms. The van der Waals surface area contributed by atoms with Crippen LogP contribution in [0.5, 0.6) is 17.5 Å². The van der Waals surface area contributed by atoms with Crippen LogP contribution >= 0.6 is 0 Å². The minimum Gasteiger partial charge on any atom is -0.495 e. The summed E-state index contributed by atoms with van der Waals surface area (Å²) >= 11 is 0. The maximum Gasteiger partial charge on any atom is 0.297 e. The van der Waals surface area contributed by atoms with Crippen molar-refractivity contribution >= 4 is 11.0 Å². The molecule has 28 heavy (non-hydrogen) atoms. The van der Waals surface area contributed by atoms with E-state index in [4.69, 9.17) is 14.2 Å². The highest BCUT2D eigenvalue weighted by Gasteiger charge is 2.28. The largest absolute Gasteiger partial charge is 0.495 e. The van der Waals surface area contributed by atoms with Crippen LogP contribution in [0.1, 0.15) is 32.0 Å². The first kappa shape index (κ1) is 18.1. The maximum absolute atomic E-state index is 9.31. The predicted molar refractivity (Wildman–Crippen MR) is 104 cm³/mol. The highest BCUT2D eigenvalue weighted by Crippen LogP contribution is 2.32. The van der Waals surface area contributed by atoms with Gasteiger partial charge in [-0.05, 0) is 18.2 Å². The second-order valence-electron chi connectivity index (χ2n) is 7.84. The van der Waals surface area contributed by atoms with Crippen molar-refractivity contribution in [1.82, 2.24) is 14.5 Å². The van der Waals surface area contributed by atoms with E-state index in [0.717, 1.165) is 16.7 Å². The van der Waals surface area contributed by atoms with Crippen LogP contribution in [-0.4, -0.2) is 34.4 Å². The number of methoxy groups -OCH3 is 1. The van der Waals surface area contributed by atoms with Crippen LogP contribution in [0, 0.1) is 11.3 Å². The summed E-state index contributed by atoms with van der Waals surface area (Å²) in [6.45, 7) is 7.38. The van der Waals surface area contributed by atoms with Gasteiger partial charge in [0.05, 0.1) is 36.4 Å². The number of ether oxygens (including phenoxy) is 3. The summed E-state index contributed by atoms with van der Waals surface area (Å²) in [4.78, 5) is 8.98. The zero-order chi connectivity index (χ0) is 19.9. The fraction of sp³-hybridized carbons (Fsp3) is 0.381. The van der Waals surface area contributed by atoms with Gasteiger partial charge >= 0.3 is 0 Å². The van der Waals surface area contributed by atoms with Gasteiger partial charge in [-0.1, -0.05) is 20.8 Å². The number of nitriles is 1. The van der Waals surface area contributed by atoms with Gasteiger partial charge in [0, 0.05) is 17.2 Å². The number of hydrogen-bond acceptors (Lipinski definition) is 6. The highest BCUT2D eigenvalue weighted by molar-refractivity contribution is 5.81. The lowest BCUT2D eigenvalue weighted by Crippen LogP contribution is -2.23. The average molecular weight is 378 g/mol. The van der Waals surface area contributed by atoms with Crippen molar-refractivity contribution in [3.05, 3.63) is 41.7 Å². The summed E-state index contributed by atoms with van der Waals surface area (Å²) in [6.07, 6.45) is 1.59. The van der Waals surface area contributed by atoms with Gasteiger partial charge in [-0.15, -0.1) is 0 Å². The fourth-order valence-corrected chi connectivity index (χ4v) is 3.23. The van der Waals surface area contributed by atoms with Crippen molar-refractivity contribution in [2.75, 3.05) is 13.7 Å². The topological polar surface area (TPSA) is 82.2 Å². The van der Waals surface area contributed by atoms with E-state index >= 15 is 0 Å². The molecule has 0 bridgehead atoms. The molecule has 0 saturated carbocycles. The number of nitrogens with zero attached hydrogens (tertiary/aromatic N) is 4. The van der Waals surface area contributed by atoms with E-state index in [1.54, 1.807) is 25.4 Å². The molecule has 1 aromatic carbocycles. The molecule has 2 aromatic heterocycles. The maximum atomic E-state index is 9.31. The summed E-state index contributed by atoms with van der Waals surface area (Å²) in [7, 11) is 1.54. The van der Waals surface area contributed by atoms with E-state index in [0.29, 0.717) is 36.2 Å².